The molecule has 1 heterocycles. The smallest absolute Gasteiger partial charge is 0.303 e. The van der Waals surface area contributed by atoms with Crippen molar-refractivity contribution in [3.8, 4) is 0 Å². The molecule has 2 N–H and O–H groups in total. The van der Waals surface area contributed by atoms with Gasteiger partial charge in [0.2, 0.25) is 15.9 Å². The number of piperidine rings is 1. The van der Waals surface area contributed by atoms with Crippen molar-refractivity contribution in [1.29, 1.82) is 0 Å². The van der Waals surface area contributed by atoms with E-state index in [1.165, 1.54) is 0 Å². The third-order valence-corrected chi connectivity index (χ3v) is 4.07. The van der Waals surface area contributed by atoms with Gasteiger partial charge < -0.3 is 10.0 Å². The predicted octanol–water partition coefficient (Wildman–Crippen LogP) is 0.172. The van der Waals surface area contributed by atoms with Gasteiger partial charge in [0.15, 0.2) is 0 Å². The van der Waals surface area contributed by atoms with Crippen LogP contribution in [0.3, 0.4) is 0 Å². The second kappa shape index (κ2) is 7.58. The molecule has 0 bridgehead atoms. The van der Waals surface area contributed by atoms with E-state index in [1.54, 1.807) is 4.90 Å². The van der Waals surface area contributed by atoms with E-state index in [0.29, 0.717) is 13.0 Å². The zero-order chi connectivity index (χ0) is 15.2. The van der Waals surface area contributed by atoms with Crippen LogP contribution in [0.15, 0.2) is 0 Å². The first-order valence-electron chi connectivity index (χ1n) is 6.75. The molecule has 0 spiro atoms. The molecule has 116 valence electrons. The molecule has 1 amide bonds. The van der Waals surface area contributed by atoms with Crippen molar-refractivity contribution in [1.82, 2.24) is 9.62 Å². The van der Waals surface area contributed by atoms with Gasteiger partial charge in [-0.05, 0) is 25.7 Å². The highest BCUT2D eigenvalue weighted by Gasteiger charge is 2.26. The van der Waals surface area contributed by atoms with Crippen molar-refractivity contribution in [2.24, 2.45) is 0 Å². The van der Waals surface area contributed by atoms with Crippen molar-refractivity contribution >= 4 is 21.9 Å². The molecule has 1 aliphatic rings. The Morgan fingerprint density at radius 2 is 2.00 bits per heavy atom. The SMILES string of the molecule is CS(=O)(=O)NCCC(=O)N1CCCC[C@@H]1CCC(=O)O. The Kier molecular flexibility index (Phi) is 6.41. The van der Waals surface area contributed by atoms with Crippen LogP contribution in [0.4, 0.5) is 0 Å². The van der Waals surface area contributed by atoms with Gasteiger partial charge in [-0.2, -0.15) is 0 Å². The van der Waals surface area contributed by atoms with Crippen LogP contribution in [0.2, 0.25) is 0 Å². The van der Waals surface area contributed by atoms with Crippen LogP contribution in [0.5, 0.6) is 0 Å². The topological polar surface area (TPSA) is 104 Å². The number of hydrogen-bond donors (Lipinski definition) is 2. The molecular formula is C12H22N2O5S. The first kappa shape index (κ1) is 16.9. The molecule has 0 aliphatic carbocycles. The minimum atomic E-state index is -3.28. The second-order valence-electron chi connectivity index (χ2n) is 5.09. The van der Waals surface area contributed by atoms with E-state index < -0.39 is 16.0 Å². The maximum Gasteiger partial charge on any atom is 0.303 e. The number of nitrogens with one attached hydrogen (secondary N) is 1. The molecule has 1 rings (SSSR count). The van der Waals surface area contributed by atoms with Crippen LogP contribution < -0.4 is 4.72 Å². The third kappa shape index (κ3) is 6.33. The van der Waals surface area contributed by atoms with E-state index in [1.807, 2.05) is 0 Å². The van der Waals surface area contributed by atoms with Gasteiger partial charge >= 0.3 is 5.97 Å². The van der Waals surface area contributed by atoms with Crippen molar-refractivity contribution in [3.63, 3.8) is 0 Å². The van der Waals surface area contributed by atoms with Gasteiger partial charge in [-0.25, -0.2) is 13.1 Å². The second-order valence-corrected chi connectivity index (χ2v) is 6.92. The van der Waals surface area contributed by atoms with Gasteiger partial charge in [0.25, 0.3) is 0 Å². The highest BCUT2D eigenvalue weighted by atomic mass is 32.2. The Balaban J connectivity index is 2.47. The molecule has 0 aromatic heterocycles. The molecule has 1 saturated heterocycles. The Morgan fingerprint density at radius 1 is 1.30 bits per heavy atom. The summed E-state index contributed by atoms with van der Waals surface area (Å²) in [5.41, 5.74) is 0. The average Bonchev–Trinajstić information content (AvgIpc) is 2.35. The third-order valence-electron chi connectivity index (χ3n) is 3.34. The first-order chi connectivity index (χ1) is 9.29. The fourth-order valence-corrected chi connectivity index (χ4v) is 2.88. The number of nitrogens with zero attached hydrogens (tertiary/aromatic N) is 1. The molecule has 7 nitrogen and oxygen atoms in total. The first-order valence-corrected chi connectivity index (χ1v) is 8.64. The lowest BCUT2D eigenvalue weighted by atomic mass is 9.97. The van der Waals surface area contributed by atoms with Gasteiger partial charge in [0.1, 0.15) is 0 Å². The largest absolute Gasteiger partial charge is 0.481 e. The van der Waals surface area contributed by atoms with E-state index >= 15 is 0 Å². The monoisotopic (exact) mass is 306 g/mol. The number of amides is 1. The highest BCUT2D eigenvalue weighted by Crippen LogP contribution is 2.21. The molecular weight excluding hydrogens is 284 g/mol. The zero-order valence-corrected chi connectivity index (χ0v) is 12.5. The Hall–Kier alpha value is -1.15. The Morgan fingerprint density at radius 3 is 2.60 bits per heavy atom. The highest BCUT2D eigenvalue weighted by molar-refractivity contribution is 7.88. The lowest BCUT2D eigenvalue weighted by molar-refractivity contribution is -0.140. The van der Waals surface area contributed by atoms with Crippen LogP contribution >= 0.6 is 0 Å². The summed E-state index contributed by atoms with van der Waals surface area (Å²) >= 11 is 0. The van der Waals surface area contributed by atoms with Gasteiger partial charge in [0.05, 0.1) is 6.26 Å². The molecule has 1 fully saturated rings. The molecule has 8 heteroatoms. The van der Waals surface area contributed by atoms with E-state index in [2.05, 4.69) is 4.72 Å². The number of sulfonamides is 1. The number of carboxylic acids is 1. The van der Waals surface area contributed by atoms with E-state index in [0.717, 1.165) is 25.5 Å². The van der Waals surface area contributed by atoms with Crippen molar-refractivity contribution < 1.29 is 23.1 Å². The molecule has 1 atom stereocenters. The molecule has 0 aromatic carbocycles. The number of likely N-dealkylation sites (tertiary alicyclic amines) is 1. The molecule has 0 unspecified atom stereocenters. The molecule has 0 radical (unpaired) electrons. The maximum absolute atomic E-state index is 12.1. The summed E-state index contributed by atoms with van der Waals surface area (Å²) in [6.07, 6.45) is 4.39. The van der Waals surface area contributed by atoms with Gasteiger partial charge in [-0.3, -0.25) is 9.59 Å². The maximum atomic E-state index is 12.1. The average molecular weight is 306 g/mol. The fraction of sp³-hybridized carbons (Fsp3) is 0.833. The van der Waals surface area contributed by atoms with E-state index in [4.69, 9.17) is 5.11 Å². The summed E-state index contributed by atoms with van der Waals surface area (Å²) in [5.74, 6) is -0.974. The minimum absolute atomic E-state index is 0.0365. The lowest BCUT2D eigenvalue weighted by Crippen LogP contribution is -2.44. The standard InChI is InChI=1S/C12H22N2O5S/c1-20(18,19)13-8-7-11(15)14-9-3-2-4-10(14)5-6-12(16)17/h10,13H,2-9H2,1H3,(H,16,17)/t10-/m1/s1. The van der Waals surface area contributed by atoms with Crippen LogP contribution in [0.25, 0.3) is 0 Å². The van der Waals surface area contributed by atoms with Crippen LogP contribution in [0, 0.1) is 0 Å². The quantitative estimate of drug-likeness (QED) is 0.698. The number of aliphatic carboxylic acids is 1. The molecule has 20 heavy (non-hydrogen) atoms. The Bertz CT molecular complexity index is 449. The predicted molar refractivity (Wildman–Crippen MR) is 73.7 cm³/mol. The number of hydrogen-bond acceptors (Lipinski definition) is 4. The summed E-state index contributed by atoms with van der Waals surface area (Å²) in [6.45, 7) is 0.710. The summed E-state index contributed by atoms with van der Waals surface area (Å²) in [7, 11) is -3.28. The minimum Gasteiger partial charge on any atom is -0.481 e. The lowest BCUT2D eigenvalue weighted by Gasteiger charge is -2.35. The fourth-order valence-electron chi connectivity index (χ4n) is 2.41. The molecule has 1 aliphatic heterocycles. The molecule has 0 saturated carbocycles. The Labute approximate surface area is 119 Å². The molecule has 0 aromatic rings. The van der Waals surface area contributed by atoms with Crippen LogP contribution in [-0.4, -0.2) is 55.7 Å². The number of carbonyl (C=O) groups excluding carboxylic acids is 1. The summed E-state index contributed by atoms with van der Waals surface area (Å²) < 4.78 is 24.1. The van der Waals surface area contributed by atoms with Crippen molar-refractivity contribution in [2.45, 2.75) is 44.6 Å². The zero-order valence-electron chi connectivity index (χ0n) is 11.7. The van der Waals surface area contributed by atoms with Crippen molar-refractivity contribution in [2.75, 3.05) is 19.3 Å². The van der Waals surface area contributed by atoms with Crippen molar-refractivity contribution in [3.05, 3.63) is 0 Å². The van der Waals surface area contributed by atoms with Gasteiger partial charge in [-0.15, -0.1) is 0 Å². The normalized spacial score (nSPS) is 19.9. The summed E-state index contributed by atoms with van der Waals surface area (Å²) in [5, 5.41) is 8.72. The van der Waals surface area contributed by atoms with Gasteiger partial charge in [-0.1, -0.05) is 0 Å². The summed E-state index contributed by atoms with van der Waals surface area (Å²) in [4.78, 5) is 24.4. The van der Waals surface area contributed by atoms with Crippen LogP contribution in [0.1, 0.15) is 38.5 Å². The summed E-state index contributed by atoms with van der Waals surface area (Å²) in [6, 6.07) is -0.0365. The number of carboxylic acid groups (broad SMARTS) is 1. The van der Waals surface area contributed by atoms with E-state index in [-0.39, 0.29) is 31.3 Å². The van der Waals surface area contributed by atoms with Crippen LogP contribution in [-0.2, 0) is 19.6 Å². The number of carbonyl (C=O) groups is 2. The van der Waals surface area contributed by atoms with E-state index in [9.17, 15) is 18.0 Å². The van der Waals surface area contributed by atoms with Gasteiger partial charge in [0, 0.05) is 32.0 Å². The number of rotatable bonds is 7.